The van der Waals surface area contributed by atoms with E-state index in [2.05, 4.69) is 15.0 Å². The van der Waals surface area contributed by atoms with Gasteiger partial charge in [0.1, 0.15) is 7.11 Å². The van der Waals surface area contributed by atoms with Crippen LogP contribution < -0.4 is 4.99 Å². The average molecular weight is 150 g/mol. The van der Waals surface area contributed by atoms with Crippen molar-refractivity contribution in [1.82, 2.24) is 4.99 Å². The van der Waals surface area contributed by atoms with Crippen LogP contribution in [0.15, 0.2) is 29.1 Å². The average Bonchev–Trinajstić information content (AvgIpc) is 2.07. The smallest absolute Gasteiger partial charge is 0.242 e. The van der Waals surface area contributed by atoms with Crippen LogP contribution in [-0.2, 0) is 4.84 Å². The summed E-state index contributed by atoms with van der Waals surface area (Å²) in [5.74, 6) is 0. The standard InChI is InChI=1S/C8H10N2O/c1-7(10-11-2)8-3-5-9-6-4-8/h3-6H,1-2H3/q+1/b10-7+. The molecule has 0 aromatic rings. The normalized spacial score (nSPS) is 16.5. The molecule has 11 heavy (non-hydrogen) atoms. The zero-order valence-electron chi connectivity index (χ0n) is 6.61. The van der Waals surface area contributed by atoms with E-state index in [1.807, 2.05) is 19.1 Å². The van der Waals surface area contributed by atoms with Crippen molar-refractivity contribution in [2.45, 2.75) is 6.92 Å². The Hall–Kier alpha value is -1.38. The summed E-state index contributed by atoms with van der Waals surface area (Å²) in [5.41, 5.74) is 1.89. The van der Waals surface area contributed by atoms with E-state index in [-0.39, 0.29) is 0 Å². The molecule has 0 atom stereocenters. The summed E-state index contributed by atoms with van der Waals surface area (Å²) >= 11 is 0. The minimum Gasteiger partial charge on any atom is -0.399 e. The molecular formula is C8H10N2O+. The summed E-state index contributed by atoms with van der Waals surface area (Å²) in [6.07, 6.45) is 7.23. The highest BCUT2D eigenvalue weighted by molar-refractivity contribution is 6.03. The molecule has 3 heteroatoms. The number of rotatable bonds is 2. The van der Waals surface area contributed by atoms with E-state index in [0.717, 1.165) is 11.3 Å². The Balaban J connectivity index is 2.76. The molecule has 0 saturated heterocycles. The third-order valence-corrected chi connectivity index (χ3v) is 1.33. The Labute approximate surface area is 65.8 Å². The van der Waals surface area contributed by atoms with E-state index in [1.165, 1.54) is 7.11 Å². The molecule has 0 saturated carbocycles. The van der Waals surface area contributed by atoms with E-state index in [0.29, 0.717) is 0 Å². The Bertz CT molecular complexity index is 249. The van der Waals surface area contributed by atoms with E-state index >= 15 is 0 Å². The van der Waals surface area contributed by atoms with Crippen molar-refractivity contribution in [1.29, 1.82) is 0 Å². The molecule has 1 radical (unpaired) electrons. The first-order valence-corrected chi connectivity index (χ1v) is 3.32. The van der Waals surface area contributed by atoms with Gasteiger partial charge in [0.15, 0.2) is 0 Å². The lowest BCUT2D eigenvalue weighted by Crippen LogP contribution is -2.00. The number of hydrogen-bond acceptors (Lipinski definition) is 3. The van der Waals surface area contributed by atoms with Crippen LogP contribution in [-0.4, -0.2) is 19.0 Å². The van der Waals surface area contributed by atoms with Crippen LogP contribution in [0.2, 0.25) is 0 Å². The summed E-state index contributed by atoms with van der Waals surface area (Å²) < 4.78 is 0. The first-order valence-electron chi connectivity index (χ1n) is 3.32. The molecule has 0 amide bonds. The third-order valence-electron chi connectivity index (χ3n) is 1.33. The number of allylic oxidation sites excluding steroid dienone is 3. The van der Waals surface area contributed by atoms with Gasteiger partial charge in [-0.15, -0.1) is 0 Å². The Kier molecular flexibility index (Phi) is 2.60. The van der Waals surface area contributed by atoms with Crippen LogP contribution in [0.1, 0.15) is 6.92 Å². The zero-order chi connectivity index (χ0) is 8.10. The highest BCUT2D eigenvalue weighted by Crippen LogP contribution is 2.01. The fourth-order valence-electron chi connectivity index (χ4n) is 0.783. The van der Waals surface area contributed by atoms with Crippen LogP contribution >= 0.6 is 0 Å². The maximum Gasteiger partial charge on any atom is 0.242 e. The van der Waals surface area contributed by atoms with Gasteiger partial charge in [0.25, 0.3) is 0 Å². The Morgan fingerprint density at radius 3 is 3.00 bits per heavy atom. The highest BCUT2D eigenvalue weighted by atomic mass is 16.6. The maximum absolute atomic E-state index is 4.63. The summed E-state index contributed by atoms with van der Waals surface area (Å²) in [4.78, 5) is 8.52. The Morgan fingerprint density at radius 1 is 1.64 bits per heavy atom. The first-order chi connectivity index (χ1) is 5.34. The van der Waals surface area contributed by atoms with Gasteiger partial charge in [0.05, 0.1) is 10.7 Å². The molecule has 1 rings (SSSR count). The van der Waals surface area contributed by atoms with Crippen molar-refractivity contribution in [3.05, 3.63) is 23.9 Å². The first kappa shape index (κ1) is 7.72. The van der Waals surface area contributed by atoms with E-state index in [4.69, 9.17) is 0 Å². The highest BCUT2D eigenvalue weighted by Gasteiger charge is 2.03. The molecule has 3 nitrogen and oxygen atoms in total. The third kappa shape index (κ3) is 2.04. The molecular weight excluding hydrogens is 140 g/mol. The van der Waals surface area contributed by atoms with Crippen LogP contribution in [0.4, 0.5) is 0 Å². The molecule has 0 unspecified atom stereocenters. The van der Waals surface area contributed by atoms with Gasteiger partial charge in [-0.1, -0.05) is 5.16 Å². The van der Waals surface area contributed by atoms with Gasteiger partial charge in [0.2, 0.25) is 12.4 Å². The minimum atomic E-state index is 0.856. The SMILES string of the molecule is CO/N=C(\C)C1=CC=[N+]C=C1. The van der Waals surface area contributed by atoms with E-state index in [9.17, 15) is 0 Å². The van der Waals surface area contributed by atoms with Crippen LogP contribution in [0, 0.1) is 0 Å². The molecule has 0 aromatic carbocycles. The molecule has 1 heterocycles. The summed E-state index contributed by atoms with van der Waals surface area (Å²) in [7, 11) is 1.53. The second-order valence-corrected chi connectivity index (χ2v) is 2.10. The van der Waals surface area contributed by atoms with Crippen molar-refractivity contribution < 1.29 is 4.84 Å². The van der Waals surface area contributed by atoms with Crippen molar-refractivity contribution >= 4 is 11.9 Å². The van der Waals surface area contributed by atoms with Crippen LogP contribution in [0.3, 0.4) is 0 Å². The molecule has 0 aromatic heterocycles. The molecule has 1 aliphatic rings. The quantitative estimate of drug-likeness (QED) is 0.425. The van der Waals surface area contributed by atoms with E-state index < -0.39 is 0 Å². The van der Waals surface area contributed by atoms with Crippen LogP contribution in [0.25, 0.3) is 0 Å². The predicted octanol–water partition coefficient (Wildman–Crippen LogP) is 0.869. The fourth-order valence-corrected chi connectivity index (χ4v) is 0.783. The van der Waals surface area contributed by atoms with Crippen LogP contribution in [0.5, 0.6) is 0 Å². The largest absolute Gasteiger partial charge is 0.399 e. The molecule has 0 spiro atoms. The molecule has 57 valence electrons. The van der Waals surface area contributed by atoms with Gasteiger partial charge >= 0.3 is 0 Å². The van der Waals surface area contributed by atoms with Crippen molar-refractivity contribution in [2.75, 3.05) is 7.11 Å². The maximum atomic E-state index is 4.63. The monoisotopic (exact) mass is 150 g/mol. The number of aliphatic imine (C=N–C) groups is 1. The van der Waals surface area contributed by atoms with Crippen molar-refractivity contribution in [3.63, 3.8) is 0 Å². The van der Waals surface area contributed by atoms with Gasteiger partial charge in [-0.25, -0.2) is 0 Å². The van der Waals surface area contributed by atoms with Crippen molar-refractivity contribution in [2.24, 2.45) is 5.16 Å². The fraction of sp³-hybridized carbons (Fsp3) is 0.250. The summed E-state index contributed by atoms with van der Waals surface area (Å²) in [6.45, 7) is 1.89. The zero-order valence-corrected chi connectivity index (χ0v) is 6.61. The molecule has 0 fully saturated rings. The van der Waals surface area contributed by atoms with Crippen molar-refractivity contribution in [3.8, 4) is 0 Å². The molecule has 0 bridgehead atoms. The summed E-state index contributed by atoms with van der Waals surface area (Å²) in [5, 5.41) is 3.78. The van der Waals surface area contributed by atoms with Gasteiger partial charge in [-0.3, -0.25) is 0 Å². The lowest BCUT2D eigenvalue weighted by atomic mass is 10.1. The predicted molar refractivity (Wildman–Crippen MR) is 45.5 cm³/mol. The minimum absolute atomic E-state index is 0.856. The van der Waals surface area contributed by atoms with E-state index in [1.54, 1.807) is 12.4 Å². The number of nitrogens with zero attached hydrogens (tertiary/aromatic N) is 2. The topological polar surface area (TPSA) is 35.7 Å². The molecule has 0 aliphatic carbocycles. The van der Waals surface area contributed by atoms with Gasteiger partial charge in [-0.05, 0) is 6.92 Å². The number of hydrogen-bond donors (Lipinski definition) is 0. The number of oxime groups is 1. The second kappa shape index (κ2) is 3.71. The summed E-state index contributed by atoms with van der Waals surface area (Å²) in [6, 6.07) is 0. The molecule has 1 aliphatic heterocycles. The Morgan fingerprint density at radius 2 is 2.45 bits per heavy atom. The van der Waals surface area contributed by atoms with Gasteiger partial charge < -0.3 is 4.84 Å². The second-order valence-electron chi connectivity index (χ2n) is 2.10. The van der Waals surface area contributed by atoms with Gasteiger partial charge in [-0.2, -0.15) is 0 Å². The lowest BCUT2D eigenvalue weighted by Gasteiger charge is -1.96. The molecule has 0 N–H and O–H groups in total. The lowest BCUT2D eigenvalue weighted by molar-refractivity contribution is 0.213. The van der Waals surface area contributed by atoms with Gasteiger partial charge in [0, 0.05) is 17.7 Å².